The Morgan fingerprint density at radius 2 is 1.81 bits per heavy atom. The summed E-state index contributed by atoms with van der Waals surface area (Å²) in [5, 5.41) is 11.3. The van der Waals surface area contributed by atoms with Crippen LogP contribution in [0.5, 0.6) is 5.88 Å². The number of alkyl carbamates (subject to hydrolysis) is 1. The van der Waals surface area contributed by atoms with Gasteiger partial charge in [-0.1, -0.05) is 54.6 Å². The molecule has 0 saturated heterocycles. The summed E-state index contributed by atoms with van der Waals surface area (Å²) in [4.78, 5) is 17.5. The molecule has 8 heteroatoms. The number of hydrogen-bond acceptors (Lipinski definition) is 6. The van der Waals surface area contributed by atoms with Crippen molar-refractivity contribution in [2.45, 2.75) is 57.8 Å². The number of nitrogens with one attached hydrogen (secondary N) is 1. The smallest absolute Gasteiger partial charge is 0.408 e. The zero-order valence-electron chi connectivity index (χ0n) is 21.2. The summed E-state index contributed by atoms with van der Waals surface area (Å²) in [5.74, 6) is 1.29. The molecular formula is C29H29N5O3. The quantitative estimate of drug-likeness (QED) is 0.385. The predicted octanol–water partition coefficient (Wildman–Crippen LogP) is 5.79. The second-order valence-corrected chi connectivity index (χ2v) is 10.6. The van der Waals surface area contributed by atoms with E-state index in [1.165, 1.54) is 0 Å². The number of pyridine rings is 1. The average molecular weight is 496 g/mol. The Bertz CT molecular complexity index is 1450. The summed E-state index contributed by atoms with van der Waals surface area (Å²) in [6, 6.07) is 20.6. The molecule has 37 heavy (non-hydrogen) atoms. The number of benzene rings is 2. The lowest BCUT2D eigenvalue weighted by Gasteiger charge is -2.43. The summed E-state index contributed by atoms with van der Waals surface area (Å²) in [5.41, 5.74) is 4.78. The molecule has 8 nitrogen and oxygen atoms in total. The lowest BCUT2D eigenvalue weighted by Crippen LogP contribution is -2.52. The molecule has 1 aliphatic carbocycles. The summed E-state index contributed by atoms with van der Waals surface area (Å²) in [7, 11) is 0. The van der Waals surface area contributed by atoms with Gasteiger partial charge in [0.1, 0.15) is 17.6 Å². The largest absolute Gasteiger partial charge is 0.468 e. The molecule has 1 saturated carbocycles. The van der Waals surface area contributed by atoms with E-state index in [0.717, 1.165) is 58.7 Å². The molecule has 1 fully saturated rings. The molecule has 2 aromatic heterocycles. The van der Waals surface area contributed by atoms with Gasteiger partial charge < -0.3 is 14.8 Å². The van der Waals surface area contributed by atoms with Crippen molar-refractivity contribution in [3.05, 3.63) is 78.4 Å². The van der Waals surface area contributed by atoms with Gasteiger partial charge in [-0.25, -0.2) is 9.78 Å². The van der Waals surface area contributed by atoms with Crippen molar-refractivity contribution in [1.82, 2.24) is 25.1 Å². The molecule has 0 radical (unpaired) electrons. The van der Waals surface area contributed by atoms with Crippen LogP contribution in [-0.2, 0) is 16.9 Å². The molecule has 0 bridgehead atoms. The number of amides is 1. The van der Waals surface area contributed by atoms with Crippen molar-refractivity contribution < 1.29 is 14.3 Å². The van der Waals surface area contributed by atoms with Crippen LogP contribution in [0.4, 0.5) is 4.79 Å². The number of ether oxygens (including phenoxy) is 2. The Balaban J connectivity index is 1.38. The third-order valence-corrected chi connectivity index (χ3v) is 6.93. The molecule has 2 aromatic carbocycles. The molecular weight excluding hydrogens is 466 g/mol. The normalized spacial score (nSPS) is 15.5. The van der Waals surface area contributed by atoms with Gasteiger partial charge in [0, 0.05) is 11.1 Å². The SMILES string of the molecule is CC(C)(C)OC(=O)NC1(c2ccc(-c3nc4c(cc3-c3ccccc3)-n3cnnc3CO4)cc2)CCC1. The first-order chi connectivity index (χ1) is 17.8. The van der Waals surface area contributed by atoms with E-state index in [9.17, 15) is 4.79 Å². The molecule has 0 atom stereocenters. The van der Waals surface area contributed by atoms with E-state index in [2.05, 4.69) is 58.0 Å². The highest BCUT2D eigenvalue weighted by Gasteiger charge is 2.41. The van der Waals surface area contributed by atoms with Crippen molar-refractivity contribution in [2.75, 3.05) is 0 Å². The maximum absolute atomic E-state index is 12.6. The van der Waals surface area contributed by atoms with Crippen LogP contribution in [0.25, 0.3) is 28.1 Å². The summed E-state index contributed by atoms with van der Waals surface area (Å²) in [6.45, 7) is 5.94. The molecule has 6 rings (SSSR count). The highest BCUT2D eigenvalue weighted by atomic mass is 16.6. The molecule has 4 aromatic rings. The van der Waals surface area contributed by atoms with E-state index in [-0.39, 0.29) is 6.09 Å². The van der Waals surface area contributed by atoms with Crippen LogP contribution in [0.2, 0.25) is 0 Å². The fourth-order valence-electron chi connectivity index (χ4n) is 4.98. The zero-order valence-corrected chi connectivity index (χ0v) is 21.2. The number of carbonyl (C=O) groups is 1. The lowest BCUT2D eigenvalue weighted by molar-refractivity contribution is 0.0377. The number of nitrogens with zero attached hydrogens (tertiary/aromatic N) is 4. The van der Waals surface area contributed by atoms with Crippen molar-refractivity contribution >= 4 is 6.09 Å². The third kappa shape index (κ3) is 4.33. The molecule has 1 N–H and O–H groups in total. The van der Waals surface area contributed by atoms with Crippen LogP contribution >= 0.6 is 0 Å². The Kier molecular flexibility index (Phi) is 5.47. The van der Waals surface area contributed by atoms with Crippen LogP contribution in [-0.4, -0.2) is 31.4 Å². The minimum atomic E-state index is -0.541. The maximum atomic E-state index is 12.6. The van der Waals surface area contributed by atoms with Crippen LogP contribution in [0.3, 0.4) is 0 Å². The number of hydrogen-bond donors (Lipinski definition) is 1. The third-order valence-electron chi connectivity index (χ3n) is 6.93. The van der Waals surface area contributed by atoms with E-state index >= 15 is 0 Å². The Morgan fingerprint density at radius 3 is 2.49 bits per heavy atom. The van der Waals surface area contributed by atoms with Crippen LogP contribution in [0.15, 0.2) is 67.0 Å². The van der Waals surface area contributed by atoms with Gasteiger partial charge >= 0.3 is 6.09 Å². The number of aromatic nitrogens is 4. The van der Waals surface area contributed by atoms with Crippen LogP contribution in [0, 0.1) is 0 Å². The number of carbonyl (C=O) groups excluding carboxylic acids is 1. The molecule has 188 valence electrons. The van der Waals surface area contributed by atoms with E-state index < -0.39 is 11.1 Å². The molecule has 1 amide bonds. The highest BCUT2D eigenvalue weighted by Crippen LogP contribution is 2.43. The van der Waals surface area contributed by atoms with E-state index in [1.807, 2.05) is 43.5 Å². The van der Waals surface area contributed by atoms with Gasteiger partial charge in [-0.3, -0.25) is 4.57 Å². The van der Waals surface area contributed by atoms with Gasteiger partial charge in [0.15, 0.2) is 12.4 Å². The van der Waals surface area contributed by atoms with Crippen LogP contribution in [0.1, 0.15) is 51.4 Å². The molecule has 1 aliphatic heterocycles. The van der Waals surface area contributed by atoms with Crippen molar-refractivity contribution in [2.24, 2.45) is 0 Å². The van der Waals surface area contributed by atoms with Gasteiger partial charge in [-0.2, -0.15) is 0 Å². The number of fused-ring (bicyclic) bond motifs is 3. The van der Waals surface area contributed by atoms with Gasteiger partial charge in [0.2, 0.25) is 5.88 Å². The summed E-state index contributed by atoms with van der Waals surface area (Å²) >= 11 is 0. The minimum absolute atomic E-state index is 0.321. The fourth-order valence-corrected chi connectivity index (χ4v) is 4.98. The zero-order chi connectivity index (χ0) is 25.6. The lowest BCUT2D eigenvalue weighted by atomic mass is 9.71. The van der Waals surface area contributed by atoms with E-state index in [1.54, 1.807) is 6.33 Å². The monoisotopic (exact) mass is 495 g/mol. The number of rotatable bonds is 4. The first-order valence-corrected chi connectivity index (χ1v) is 12.6. The average Bonchev–Trinajstić information content (AvgIpc) is 3.35. The van der Waals surface area contributed by atoms with E-state index in [0.29, 0.717) is 12.5 Å². The summed E-state index contributed by atoms with van der Waals surface area (Å²) < 4.78 is 13.4. The van der Waals surface area contributed by atoms with Crippen molar-refractivity contribution in [3.8, 4) is 34.0 Å². The standard InChI is InChI=1S/C29H29N5O3/c1-28(2,3)37-27(35)32-29(14-7-15-29)21-12-10-20(11-13-21)25-22(19-8-5-4-6-9-19)16-23-26(31-25)36-17-24-33-30-18-34(23)24/h4-6,8-13,16,18H,7,14-15,17H2,1-3H3,(H,32,35). The highest BCUT2D eigenvalue weighted by molar-refractivity contribution is 5.83. The maximum Gasteiger partial charge on any atom is 0.408 e. The predicted molar refractivity (Wildman–Crippen MR) is 139 cm³/mol. The topological polar surface area (TPSA) is 91.2 Å². The molecule has 0 unspecified atom stereocenters. The summed E-state index contributed by atoms with van der Waals surface area (Å²) in [6.07, 6.45) is 4.13. The van der Waals surface area contributed by atoms with Crippen molar-refractivity contribution in [3.63, 3.8) is 0 Å². The van der Waals surface area contributed by atoms with Gasteiger partial charge in [0.25, 0.3) is 0 Å². The fraction of sp³-hybridized carbons (Fsp3) is 0.310. The molecule has 3 heterocycles. The molecule has 0 spiro atoms. The minimum Gasteiger partial charge on any atom is -0.468 e. The molecule has 2 aliphatic rings. The van der Waals surface area contributed by atoms with E-state index in [4.69, 9.17) is 14.5 Å². The van der Waals surface area contributed by atoms with Crippen LogP contribution < -0.4 is 10.1 Å². The van der Waals surface area contributed by atoms with Gasteiger partial charge in [-0.15, -0.1) is 10.2 Å². The second kappa shape index (κ2) is 8.73. The van der Waals surface area contributed by atoms with Gasteiger partial charge in [-0.05, 0) is 57.2 Å². The first kappa shape index (κ1) is 23.2. The van der Waals surface area contributed by atoms with Gasteiger partial charge in [0.05, 0.1) is 11.2 Å². The first-order valence-electron chi connectivity index (χ1n) is 12.6. The Morgan fingerprint density at radius 1 is 1.05 bits per heavy atom. The Hall–Kier alpha value is -4.20. The Labute approximate surface area is 215 Å². The second-order valence-electron chi connectivity index (χ2n) is 10.6. The van der Waals surface area contributed by atoms with Crippen molar-refractivity contribution in [1.29, 1.82) is 0 Å².